The number of nitrogens with one attached hydrogen (secondary N) is 2. The summed E-state index contributed by atoms with van der Waals surface area (Å²) < 4.78 is 0. The SMILES string of the molecule is CC(=O)Nc1ccc(Nc2nccc(-c3cccs3)n2)cc1. The predicted molar refractivity (Wildman–Crippen MR) is 89.4 cm³/mol. The van der Waals surface area contributed by atoms with Crippen LogP contribution in [0.25, 0.3) is 10.6 Å². The molecular weight excluding hydrogens is 296 g/mol. The summed E-state index contributed by atoms with van der Waals surface area (Å²) in [6, 6.07) is 13.3. The summed E-state index contributed by atoms with van der Waals surface area (Å²) in [7, 11) is 0. The Kier molecular flexibility index (Phi) is 4.11. The Bertz CT molecular complexity index is 769. The number of aromatic nitrogens is 2. The van der Waals surface area contributed by atoms with Crippen molar-refractivity contribution in [3.05, 3.63) is 54.0 Å². The molecular formula is C16H14N4OS. The lowest BCUT2D eigenvalue weighted by Gasteiger charge is -2.07. The van der Waals surface area contributed by atoms with Crippen molar-refractivity contribution in [3.8, 4) is 10.6 Å². The number of carbonyl (C=O) groups is 1. The van der Waals surface area contributed by atoms with Crippen LogP contribution in [0.15, 0.2) is 54.0 Å². The van der Waals surface area contributed by atoms with Crippen LogP contribution < -0.4 is 10.6 Å². The van der Waals surface area contributed by atoms with Gasteiger partial charge >= 0.3 is 0 Å². The summed E-state index contributed by atoms with van der Waals surface area (Å²) in [6.07, 6.45) is 1.73. The third-order valence-corrected chi connectivity index (χ3v) is 3.78. The standard InChI is InChI=1S/C16H14N4OS/c1-11(21)18-12-4-6-13(7-5-12)19-16-17-9-8-14(20-16)15-3-2-10-22-15/h2-10H,1H3,(H,18,21)(H,17,19,20). The molecule has 2 N–H and O–H groups in total. The molecule has 110 valence electrons. The van der Waals surface area contributed by atoms with E-state index in [2.05, 4.69) is 20.6 Å². The lowest BCUT2D eigenvalue weighted by molar-refractivity contribution is -0.114. The van der Waals surface area contributed by atoms with E-state index in [0.717, 1.165) is 21.9 Å². The largest absolute Gasteiger partial charge is 0.326 e. The molecule has 22 heavy (non-hydrogen) atoms. The zero-order chi connectivity index (χ0) is 15.4. The molecule has 0 spiro atoms. The summed E-state index contributed by atoms with van der Waals surface area (Å²) in [6.45, 7) is 1.48. The van der Waals surface area contributed by atoms with Crippen molar-refractivity contribution in [2.45, 2.75) is 6.92 Å². The minimum absolute atomic E-state index is 0.0901. The van der Waals surface area contributed by atoms with Crippen LogP contribution in [0.4, 0.5) is 17.3 Å². The first-order valence-corrected chi connectivity index (χ1v) is 7.60. The zero-order valence-corrected chi connectivity index (χ0v) is 12.7. The fraction of sp³-hybridized carbons (Fsp3) is 0.0625. The van der Waals surface area contributed by atoms with Crippen LogP contribution in [-0.2, 0) is 4.79 Å². The number of hydrogen-bond acceptors (Lipinski definition) is 5. The first kappa shape index (κ1) is 14.2. The van der Waals surface area contributed by atoms with Crippen molar-refractivity contribution in [2.24, 2.45) is 0 Å². The van der Waals surface area contributed by atoms with Crippen molar-refractivity contribution in [3.63, 3.8) is 0 Å². The second kappa shape index (κ2) is 6.36. The number of hydrogen-bond donors (Lipinski definition) is 2. The second-order valence-corrected chi connectivity index (χ2v) is 5.57. The molecule has 0 aliphatic heterocycles. The van der Waals surface area contributed by atoms with Gasteiger partial charge in [-0.05, 0) is 41.8 Å². The number of carbonyl (C=O) groups excluding carboxylic acids is 1. The minimum Gasteiger partial charge on any atom is -0.326 e. The van der Waals surface area contributed by atoms with E-state index in [1.54, 1.807) is 17.5 Å². The molecule has 0 unspecified atom stereocenters. The normalized spacial score (nSPS) is 10.2. The zero-order valence-electron chi connectivity index (χ0n) is 11.9. The minimum atomic E-state index is -0.0901. The fourth-order valence-corrected chi connectivity index (χ4v) is 2.65. The molecule has 5 nitrogen and oxygen atoms in total. The fourth-order valence-electron chi connectivity index (χ4n) is 1.95. The molecule has 0 atom stereocenters. The van der Waals surface area contributed by atoms with E-state index in [1.165, 1.54) is 6.92 Å². The van der Waals surface area contributed by atoms with E-state index in [0.29, 0.717) is 5.95 Å². The molecule has 1 aromatic carbocycles. The van der Waals surface area contributed by atoms with E-state index >= 15 is 0 Å². The van der Waals surface area contributed by atoms with Gasteiger partial charge in [0, 0.05) is 24.5 Å². The Morgan fingerprint density at radius 3 is 2.55 bits per heavy atom. The molecule has 2 aromatic heterocycles. The maximum atomic E-state index is 11.0. The molecule has 3 aromatic rings. The molecule has 0 aliphatic carbocycles. The molecule has 0 bridgehead atoms. The van der Waals surface area contributed by atoms with Crippen molar-refractivity contribution >= 4 is 34.6 Å². The van der Waals surface area contributed by atoms with Crippen LogP contribution in [0.1, 0.15) is 6.92 Å². The first-order valence-electron chi connectivity index (χ1n) is 6.72. The van der Waals surface area contributed by atoms with Crippen LogP contribution in [-0.4, -0.2) is 15.9 Å². The molecule has 0 fully saturated rings. The van der Waals surface area contributed by atoms with E-state index in [1.807, 2.05) is 47.8 Å². The van der Waals surface area contributed by atoms with Crippen LogP contribution in [0.5, 0.6) is 0 Å². The van der Waals surface area contributed by atoms with Gasteiger partial charge in [0.1, 0.15) is 0 Å². The summed E-state index contributed by atoms with van der Waals surface area (Å²) in [4.78, 5) is 20.8. The van der Waals surface area contributed by atoms with Gasteiger partial charge < -0.3 is 10.6 Å². The summed E-state index contributed by atoms with van der Waals surface area (Å²) in [5, 5.41) is 7.90. The second-order valence-electron chi connectivity index (χ2n) is 4.63. The lowest BCUT2D eigenvalue weighted by atomic mass is 10.3. The average molecular weight is 310 g/mol. The van der Waals surface area contributed by atoms with Gasteiger partial charge in [0.05, 0.1) is 10.6 Å². The summed E-state index contributed by atoms with van der Waals surface area (Å²) in [5.41, 5.74) is 2.51. The van der Waals surface area contributed by atoms with E-state index in [-0.39, 0.29) is 5.91 Å². The molecule has 0 aliphatic rings. The highest BCUT2D eigenvalue weighted by Crippen LogP contribution is 2.24. The van der Waals surface area contributed by atoms with E-state index in [9.17, 15) is 4.79 Å². The number of rotatable bonds is 4. The maximum Gasteiger partial charge on any atom is 0.227 e. The molecule has 3 rings (SSSR count). The summed E-state index contributed by atoms with van der Waals surface area (Å²) in [5.74, 6) is 0.450. The van der Waals surface area contributed by atoms with Gasteiger partial charge in [-0.3, -0.25) is 4.79 Å². The van der Waals surface area contributed by atoms with Crippen molar-refractivity contribution in [2.75, 3.05) is 10.6 Å². The van der Waals surface area contributed by atoms with E-state index < -0.39 is 0 Å². The smallest absolute Gasteiger partial charge is 0.227 e. The van der Waals surface area contributed by atoms with Crippen LogP contribution in [0.3, 0.4) is 0 Å². The monoisotopic (exact) mass is 310 g/mol. The van der Waals surface area contributed by atoms with E-state index in [4.69, 9.17) is 0 Å². The van der Waals surface area contributed by atoms with Crippen molar-refractivity contribution in [1.82, 2.24) is 9.97 Å². The number of nitrogens with zero attached hydrogens (tertiary/aromatic N) is 2. The van der Waals surface area contributed by atoms with Crippen molar-refractivity contribution < 1.29 is 4.79 Å². The molecule has 0 radical (unpaired) electrons. The quantitative estimate of drug-likeness (QED) is 0.767. The van der Waals surface area contributed by atoms with Gasteiger partial charge in [0.2, 0.25) is 11.9 Å². The molecule has 0 saturated heterocycles. The first-order chi connectivity index (χ1) is 10.7. The van der Waals surface area contributed by atoms with Gasteiger partial charge in [-0.2, -0.15) is 0 Å². The Hall–Kier alpha value is -2.73. The Labute approximate surface area is 132 Å². The Morgan fingerprint density at radius 2 is 1.86 bits per heavy atom. The number of anilines is 3. The molecule has 2 heterocycles. The van der Waals surface area contributed by atoms with Crippen LogP contribution in [0.2, 0.25) is 0 Å². The van der Waals surface area contributed by atoms with Gasteiger partial charge in [0.25, 0.3) is 0 Å². The predicted octanol–water partition coefficient (Wildman–Crippen LogP) is 3.91. The van der Waals surface area contributed by atoms with Gasteiger partial charge in [-0.25, -0.2) is 9.97 Å². The Balaban J connectivity index is 1.76. The molecule has 0 saturated carbocycles. The van der Waals surface area contributed by atoms with Crippen molar-refractivity contribution in [1.29, 1.82) is 0 Å². The van der Waals surface area contributed by atoms with Crippen LogP contribution in [0, 0.1) is 0 Å². The molecule has 1 amide bonds. The van der Waals surface area contributed by atoms with Crippen LogP contribution >= 0.6 is 11.3 Å². The number of thiophene rings is 1. The van der Waals surface area contributed by atoms with Gasteiger partial charge in [-0.15, -0.1) is 11.3 Å². The highest BCUT2D eigenvalue weighted by Gasteiger charge is 2.04. The number of benzene rings is 1. The number of amides is 1. The lowest BCUT2D eigenvalue weighted by Crippen LogP contribution is -2.05. The Morgan fingerprint density at radius 1 is 1.09 bits per heavy atom. The average Bonchev–Trinajstić information content (AvgIpc) is 3.03. The topological polar surface area (TPSA) is 66.9 Å². The van der Waals surface area contributed by atoms with Gasteiger partial charge in [0.15, 0.2) is 0 Å². The highest BCUT2D eigenvalue weighted by molar-refractivity contribution is 7.13. The third kappa shape index (κ3) is 3.48. The maximum absolute atomic E-state index is 11.0. The third-order valence-electron chi connectivity index (χ3n) is 2.89. The molecule has 6 heteroatoms. The summed E-state index contributed by atoms with van der Waals surface area (Å²) >= 11 is 1.64. The highest BCUT2D eigenvalue weighted by atomic mass is 32.1. The van der Waals surface area contributed by atoms with Gasteiger partial charge in [-0.1, -0.05) is 6.07 Å².